The van der Waals surface area contributed by atoms with Gasteiger partial charge in [0.2, 0.25) is 11.7 Å². The number of nitrogens with zero attached hydrogens (tertiary/aromatic N) is 2. The maximum Gasteiger partial charge on any atom is 0.229 e. The molecule has 102 valence electrons. The number of halogens is 1. The molecule has 0 saturated carbocycles. The molecule has 1 aromatic carbocycles. The summed E-state index contributed by atoms with van der Waals surface area (Å²) in [5.41, 5.74) is 6.94. The molecule has 2 aromatic rings. The van der Waals surface area contributed by atoms with Crippen LogP contribution in [-0.2, 0) is 0 Å². The lowest BCUT2D eigenvalue weighted by Gasteiger charge is -2.03. The zero-order chi connectivity index (χ0) is 13.8. The molecule has 0 aliphatic heterocycles. The molecule has 0 spiro atoms. The van der Waals surface area contributed by atoms with Crippen LogP contribution in [0.2, 0.25) is 0 Å². The molecule has 2 rings (SSSR count). The average Bonchev–Trinajstić information content (AvgIpc) is 2.84. The molecule has 1 aromatic heterocycles. The lowest BCUT2D eigenvalue weighted by Crippen LogP contribution is -2.02. The van der Waals surface area contributed by atoms with E-state index < -0.39 is 0 Å². The molecule has 1 atom stereocenters. The minimum Gasteiger partial charge on any atom is -0.339 e. The molecule has 0 bridgehead atoms. The van der Waals surface area contributed by atoms with Gasteiger partial charge in [-0.2, -0.15) is 4.98 Å². The number of aryl methyl sites for hydroxylation is 1. The fourth-order valence-corrected chi connectivity index (χ4v) is 1.97. The molecule has 19 heavy (non-hydrogen) atoms. The number of rotatable bonds is 5. The highest BCUT2D eigenvalue weighted by molar-refractivity contribution is 5.55. The van der Waals surface area contributed by atoms with Crippen LogP contribution >= 0.6 is 0 Å². The number of benzene rings is 1. The zero-order valence-electron chi connectivity index (χ0n) is 11.2. The van der Waals surface area contributed by atoms with Crippen molar-refractivity contribution in [3.05, 3.63) is 35.5 Å². The summed E-state index contributed by atoms with van der Waals surface area (Å²) in [5.74, 6) is 0.875. The standard InChI is InChI=1S/C14H18FN3O/c1-9-6-11(8-12(15)7-9)13-17-14(19-18-13)10(2)4-3-5-16/h6-8,10H,3-5,16H2,1-2H3. The Morgan fingerprint density at radius 1 is 1.37 bits per heavy atom. The van der Waals surface area contributed by atoms with Crippen LogP contribution in [0.3, 0.4) is 0 Å². The zero-order valence-corrected chi connectivity index (χ0v) is 11.2. The van der Waals surface area contributed by atoms with Gasteiger partial charge in [0.1, 0.15) is 5.82 Å². The minimum absolute atomic E-state index is 0.166. The van der Waals surface area contributed by atoms with Crippen molar-refractivity contribution in [2.24, 2.45) is 5.73 Å². The predicted molar refractivity (Wildman–Crippen MR) is 71.1 cm³/mol. The van der Waals surface area contributed by atoms with E-state index in [0.29, 0.717) is 23.8 Å². The van der Waals surface area contributed by atoms with Crippen molar-refractivity contribution in [2.45, 2.75) is 32.6 Å². The third kappa shape index (κ3) is 3.38. The molecule has 0 aliphatic rings. The number of nitrogens with two attached hydrogens (primary N) is 1. The van der Waals surface area contributed by atoms with Crippen LogP contribution in [0.25, 0.3) is 11.4 Å². The van der Waals surface area contributed by atoms with Crippen LogP contribution < -0.4 is 5.73 Å². The fraction of sp³-hybridized carbons (Fsp3) is 0.429. The summed E-state index contributed by atoms with van der Waals surface area (Å²) in [6, 6.07) is 4.71. The van der Waals surface area contributed by atoms with Crippen molar-refractivity contribution < 1.29 is 8.91 Å². The monoisotopic (exact) mass is 263 g/mol. The molecule has 0 saturated heterocycles. The van der Waals surface area contributed by atoms with Gasteiger partial charge in [0.25, 0.3) is 0 Å². The van der Waals surface area contributed by atoms with Gasteiger partial charge in [-0.25, -0.2) is 4.39 Å². The molecule has 5 heteroatoms. The number of hydrogen-bond acceptors (Lipinski definition) is 4. The van der Waals surface area contributed by atoms with Crippen LogP contribution in [-0.4, -0.2) is 16.7 Å². The van der Waals surface area contributed by atoms with Crippen molar-refractivity contribution in [3.63, 3.8) is 0 Å². The summed E-state index contributed by atoms with van der Waals surface area (Å²) in [4.78, 5) is 4.33. The van der Waals surface area contributed by atoms with Gasteiger partial charge in [-0.3, -0.25) is 0 Å². The number of aromatic nitrogens is 2. The van der Waals surface area contributed by atoms with E-state index in [4.69, 9.17) is 10.3 Å². The molecule has 0 amide bonds. The Morgan fingerprint density at radius 3 is 2.84 bits per heavy atom. The summed E-state index contributed by atoms with van der Waals surface area (Å²) in [7, 11) is 0. The van der Waals surface area contributed by atoms with E-state index in [1.165, 1.54) is 12.1 Å². The first-order valence-electron chi connectivity index (χ1n) is 6.41. The van der Waals surface area contributed by atoms with Crippen LogP contribution in [0.1, 0.15) is 37.1 Å². The molecular formula is C14H18FN3O. The predicted octanol–water partition coefficient (Wildman–Crippen LogP) is 3.03. The van der Waals surface area contributed by atoms with E-state index in [1.807, 2.05) is 19.9 Å². The Labute approximate surface area is 111 Å². The van der Waals surface area contributed by atoms with E-state index in [1.54, 1.807) is 0 Å². The Balaban J connectivity index is 2.20. The summed E-state index contributed by atoms with van der Waals surface area (Å²) in [6.07, 6.45) is 1.82. The third-order valence-electron chi connectivity index (χ3n) is 3.00. The number of hydrogen-bond donors (Lipinski definition) is 1. The molecule has 0 aliphatic carbocycles. The van der Waals surface area contributed by atoms with Gasteiger partial charge in [0.05, 0.1) is 0 Å². The van der Waals surface area contributed by atoms with Gasteiger partial charge < -0.3 is 10.3 Å². The average molecular weight is 263 g/mol. The van der Waals surface area contributed by atoms with Gasteiger partial charge >= 0.3 is 0 Å². The SMILES string of the molecule is Cc1cc(F)cc(-c2noc(C(C)CCCN)n2)c1. The van der Waals surface area contributed by atoms with Crippen molar-refractivity contribution >= 4 is 0 Å². The second-order valence-electron chi connectivity index (χ2n) is 4.81. The molecule has 1 heterocycles. The van der Waals surface area contributed by atoms with Crippen molar-refractivity contribution in [3.8, 4) is 11.4 Å². The Bertz CT molecular complexity index is 533. The van der Waals surface area contributed by atoms with Gasteiger partial charge in [-0.1, -0.05) is 12.1 Å². The molecule has 1 unspecified atom stereocenters. The second kappa shape index (κ2) is 5.93. The maximum absolute atomic E-state index is 13.3. The molecule has 0 fully saturated rings. The van der Waals surface area contributed by atoms with Crippen molar-refractivity contribution in [1.82, 2.24) is 10.1 Å². The summed E-state index contributed by atoms with van der Waals surface area (Å²) >= 11 is 0. The molecule has 2 N–H and O–H groups in total. The Morgan fingerprint density at radius 2 is 2.16 bits per heavy atom. The lowest BCUT2D eigenvalue weighted by atomic mass is 10.1. The normalized spacial score (nSPS) is 12.6. The highest BCUT2D eigenvalue weighted by atomic mass is 19.1. The highest BCUT2D eigenvalue weighted by Crippen LogP contribution is 2.23. The van der Waals surface area contributed by atoms with Gasteiger partial charge in [-0.15, -0.1) is 0 Å². The first-order valence-corrected chi connectivity index (χ1v) is 6.41. The van der Waals surface area contributed by atoms with Crippen LogP contribution in [0.15, 0.2) is 22.7 Å². The van der Waals surface area contributed by atoms with E-state index in [2.05, 4.69) is 10.1 Å². The Kier molecular flexibility index (Phi) is 4.27. The van der Waals surface area contributed by atoms with Crippen LogP contribution in [0.5, 0.6) is 0 Å². The largest absolute Gasteiger partial charge is 0.339 e. The van der Waals surface area contributed by atoms with E-state index in [-0.39, 0.29) is 11.7 Å². The highest BCUT2D eigenvalue weighted by Gasteiger charge is 2.15. The van der Waals surface area contributed by atoms with Gasteiger partial charge in [0.15, 0.2) is 0 Å². The van der Waals surface area contributed by atoms with E-state index in [0.717, 1.165) is 18.4 Å². The fourth-order valence-electron chi connectivity index (χ4n) is 1.97. The van der Waals surface area contributed by atoms with Gasteiger partial charge in [-0.05, 0) is 50.1 Å². The van der Waals surface area contributed by atoms with Crippen molar-refractivity contribution in [2.75, 3.05) is 6.54 Å². The maximum atomic E-state index is 13.3. The molecule has 4 nitrogen and oxygen atoms in total. The van der Waals surface area contributed by atoms with Crippen LogP contribution in [0, 0.1) is 12.7 Å². The Hall–Kier alpha value is -1.75. The van der Waals surface area contributed by atoms with Crippen molar-refractivity contribution in [1.29, 1.82) is 0 Å². The lowest BCUT2D eigenvalue weighted by molar-refractivity contribution is 0.352. The van der Waals surface area contributed by atoms with E-state index in [9.17, 15) is 4.39 Å². The summed E-state index contributed by atoms with van der Waals surface area (Å²) in [5, 5.41) is 3.91. The third-order valence-corrected chi connectivity index (χ3v) is 3.00. The summed E-state index contributed by atoms with van der Waals surface area (Å²) < 4.78 is 18.6. The topological polar surface area (TPSA) is 64.9 Å². The first kappa shape index (κ1) is 13.7. The second-order valence-corrected chi connectivity index (χ2v) is 4.81. The van der Waals surface area contributed by atoms with Gasteiger partial charge in [0, 0.05) is 11.5 Å². The minimum atomic E-state index is -0.294. The molecular weight excluding hydrogens is 245 g/mol. The van der Waals surface area contributed by atoms with E-state index >= 15 is 0 Å². The van der Waals surface area contributed by atoms with Crippen LogP contribution in [0.4, 0.5) is 4.39 Å². The first-order chi connectivity index (χ1) is 9.10. The molecule has 0 radical (unpaired) electrons. The quantitative estimate of drug-likeness (QED) is 0.900. The summed E-state index contributed by atoms with van der Waals surface area (Å²) in [6.45, 7) is 4.50. The smallest absolute Gasteiger partial charge is 0.229 e.